The number of rotatable bonds is 7. The number of carbonyl (C=O) groups excluding carboxylic acids is 1. The van der Waals surface area contributed by atoms with E-state index in [1.54, 1.807) is 35.6 Å². The minimum Gasteiger partial charge on any atom is -0.479 e. The zero-order chi connectivity index (χ0) is 18.7. The van der Waals surface area contributed by atoms with Crippen LogP contribution in [-0.4, -0.2) is 23.0 Å². The number of fused-ring (bicyclic) bond motifs is 1. The molecule has 0 saturated carbocycles. The molecular formula is C21H20O4S. The molecule has 0 saturated heterocycles. The van der Waals surface area contributed by atoms with Crippen molar-refractivity contribution in [3.05, 3.63) is 64.5 Å². The predicted octanol–water partition coefficient (Wildman–Crippen LogP) is 4.88. The van der Waals surface area contributed by atoms with E-state index < -0.39 is 12.1 Å². The molecule has 3 rings (SSSR count). The van der Waals surface area contributed by atoms with Crippen LogP contribution in [0, 0.1) is 6.92 Å². The van der Waals surface area contributed by atoms with E-state index in [-0.39, 0.29) is 5.78 Å². The van der Waals surface area contributed by atoms with Gasteiger partial charge in [-0.3, -0.25) is 4.79 Å². The van der Waals surface area contributed by atoms with Crippen molar-refractivity contribution in [3.8, 4) is 5.75 Å². The zero-order valence-electron chi connectivity index (χ0n) is 14.7. The second kappa shape index (κ2) is 7.70. The molecule has 1 aromatic heterocycles. The van der Waals surface area contributed by atoms with Crippen LogP contribution in [0.5, 0.6) is 5.75 Å². The number of carboxylic acids is 1. The minimum absolute atomic E-state index is 0.0692. The van der Waals surface area contributed by atoms with Gasteiger partial charge in [-0.15, -0.1) is 11.3 Å². The van der Waals surface area contributed by atoms with Crippen molar-refractivity contribution >= 4 is 33.2 Å². The molecule has 3 aromatic rings. The Labute approximate surface area is 156 Å². The van der Waals surface area contributed by atoms with Crippen molar-refractivity contribution in [2.45, 2.75) is 32.8 Å². The Balaban J connectivity index is 1.64. The molecule has 0 fully saturated rings. The van der Waals surface area contributed by atoms with Crippen LogP contribution in [0.1, 0.15) is 34.1 Å². The maximum atomic E-state index is 12.5. The number of ketones is 1. The summed E-state index contributed by atoms with van der Waals surface area (Å²) in [5, 5.41) is 10.1. The van der Waals surface area contributed by atoms with Crippen LogP contribution in [0.4, 0.5) is 0 Å². The predicted molar refractivity (Wildman–Crippen MR) is 103 cm³/mol. The molecule has 4 nitrogen and oxygen atoms in total. The molecule has 1 N–H and O–H groups in total. The molecule has 134 valence electrons. The van der Waals surface area contributed by atoms with Crippen molar-refractivity contribution in [2.75, 3.05) is 0 Å². The van der Waals surface area contributed by atoms with Crippen LogP contribution in [0.25, 0.3) is 10.1 Å². The second-order valence-electron chi connectivity index (χ2n) is 6.19. The molecule has 0 spiro atoms. The summed E-state index contributed by atoms with van der Waals surface area (Å²) in [4.78, 5) is 24.5. The summed E-state index contributed by atoms with van der Waals surface area (Å²) in [6, 6.07) is 14.9. The summed E-state index contributed by atoms with van der Waals surface area (Å²) in [5.74, 6) is -0.514. The largest absolute Gasteiger partial charge is 0.479 e. The maximum absolute atomic E-state index is 12.5. The normalized spacial score (nSPS) is 12.1. The van der Waals surface area contributed by atoms with Gasteiger partial charge in [0.05, 0.1) is 0 Å². The quantitative estimate of drug-likeness (QED) is 0.604. The van der Waals surface area contributed by atoms with Crippen LogP contribution < -0.4 is 4.74 Å². The first-order valence-corrected chi connectivity index (χ1v) is 9.27. The van der Waals surface area contributed by atoms with E-state index in [9.17, 15) is 9.59 Å². The molecule has 1 unspecified atom stereocenters. The monoisotopic (exact) mass is 368 g/mol. The molecule has 26 heavy (non-hydrogen) atoms. The number of carbonyl (C=O) groups is 2. The Morgan fingerprint density at radius 1 is 1.12 bits per heavy atom. The fraction of sp³-hybridized carbons (Fsp3) is 0.238. The highest BCUT2D eigenvalue weighted by Crippen LogP contribution is 2.31. The van der Waals surface area contributed by atoms with Crippen molar-refractivity contribution in [1.29, 1.82) is 0 Å². The average Bonchev–Trinajstić information content (AvgIpc) is 2.96. The molecule has 1 atom stereocenters. The van der Waals surface area contributed by atoms with E-state index in [0.717, 1.165) is 6.42 Å². The zero-order valence-corrected chi connectivity index (χ0v) is 15.5. The average molecular weight is 368 g/mol. The first-order valence-electron chi connectivity index (χ1n) is 8.45. The SMILES string of the molecule is Cc1c(CCC(=O)c2ccc(OC(C)C(=O)O)cc2)sc2ccccc12. The fourth-order valence-electron chi connectivity index (χ4n) is 2.81. The fourth-order valence-corrected chi connectivity index (χ4v) is 4.02. The van der Waals surface area contributed by atoms with Crippen LogP contribution >= 0.6 is 11.3 Å². The summed E-state index contributed by atoms with van der Waals surface area (Å²) < 4.78 is 6.53. The molecule has 0 bridgehead atoms. The number of aliphatic carboxylic acids is 1. The highest BCUT2D eigenvalue weighted by molar-refractivity contribution is 7.19. The minimum atomic E-state index is -1.02. The Hall–Kier alpha value is -2.66. The molecule has 0 aliphatic rings. The highest BCUT2D eigenvalue weighted by Gasteiger charge is 2.14. The van der Waals surface area contributed by atoms with Crippen LogP contribution in [-0.2, 0) is 11.2 Å². The Morgan fingerprint density at radius 2 is 1.81 bits per heavy atom. The van der Waals surface area contributed by atoms with Gasteiger partial charge in [-0.25, -0.2) is 4.79 Å². The van der Waals surface area contributed by atoms with Gasteiger partial charge in [0.25, 0.3) is 0 Å². The molecule has 0 radical (unpaired) electrons. The van der Waals surface area contributed by atoms with Gasteiger partial charge in [0.2, 0.25) is 0 Å². The Morgan fingerprint density at radius 3 is 2.46 bits per heavy atom. The molecule has 0 aliphatic heterocycles. The first-order chi connectivity index (χ1) is 12.5. The molecular weight excluding hydrogens is 348 g/mol. The van der Waals surface area contributed by atoms with Gasteiger partial charge in [-0.2, -0.15) is 0 Å². The lowest BCUT2D eigenvalue weighted by molar-refractivity contribution is -0.144. The van der Waals surface area contributed by atoms with Gasteiger partial charge >= 0.3 is 5.97 Å². The Kier molecular flexibility index (Phi) is 5.38. The van der Waals surface area contributed by atoms with E-state index in [4.69, 9.17) is 9.84 Å². The smallest absolute Gasteiger partial charge is 0.344 e. The van der Waals surface area contributed by atoms with Gasteiger partial charge in [0.15, 0.2) is 11.9 Å². The van der Waals surface area contributed by atoms with Crippen molar-refractivity contribution in [2.24, 2.45) is 0 Å². The van der Waals surface area contributed by atoms with E-state index >= 15 is 0 Å². The van der Waals surface area contributed by atoms with Crippen LogP contribution in [0.3, 0.4) is 0 Å². The van der Waals surface area contributed by atoms with Gasteiger partial charge in [0, 0.05) is 21.6 Å². The third-order valence-electron chi connectivity index (χ3n) is 4.36. The van der Waals surface area contributed by atoms with Gasteiger partial charge < -0.3 is 9.84 Å². The van der Waals surface area contributed by atoms with Gasteiger partial charge in [0.1, 0.15) is 5.75 Å². The molecule has 1 heterocycles. The summed E-state index contributed by atoms with van der Waals surface area (Å²) in [6.45, 7) is 3.57. The second-order valence-corrected chi connectivity index (χ2v) is 7.33. The first kappa shape index (κ1) is 18.1. The van der Waals surface area contributed by atoms with Crippen molar-refractivity contribution in [3.63, 3.8) is 0 Å². The lowest BCUT2D eigenvalue weighted by Gasteiger charge is -2.10. The highest BCUT2D eigenvalue weighted by atomic mass is 32.1. The number of ether oxygens (including phenoxy) is 1. The number of aryl methyl sites for hydroxylation is 2. The molecule has 0 amide bonds. The van der Waals surface area contributed by atoms with Crippen LogP contribution in [0.15, 0.2) is 48.5 Å². The van der Waals surface area contributed by atoms with Crippen molar-refractivity contribution in [1.82, 2.24) is 0 Å². The van der Waals surface area contributed by atoms with Gasteiger partial charge in [-0.05, 0) is 61.5 Å². The van der Waals surface area contributed by atoms with Crippen molar-refractivity contribution < 1.29 is 19.4 Å². The van der Waals surface area contributed by atoms with E-state index in [0.29, 0.717) is 17.7 Å². The number of hydrogen-bond acceptors (Lipinski definition) is 4. The Bertz CT molecular complexity index is 940. The number of carboxylic acid groups (broad SMARTS) is 1. The van der Waals surface area contributed by atoms with E-state index in [1.807, 2.05) is 12.1 Å². The molecule has 2 aromatic carbocycles. The summed E-state index contributed by atoms with van der Waals surface area (Å²) >= 11 is 1.75. The topological polar surface area (TPSA) is 63.6 Å². The molecule has 0 aliphatic carbocycles. The number of hydrogen-bond donors (Lipinski definition) is 1. The lowest BCUT2D eigenvalue weighted by atomic mass is 10.0. The third kappa shape index (κ3) is 3.94. The van der Waals surface area contributed by atoms with E-state index in [2.05, 4.69) is 19.1 Å². The summed E-state index contributed by atoms with van der Waals surface area (Å²) in [5.41, 5.74) is 1.86. The summed E-state index contributed by atoms with van der Waals surface area (Å²) in [7, 11) is 0. The number of thiophene rings is 1. The molecule has 5 heteroatoms. The van der Waals surface area contributed by atoms with Crippen LogP contribution in [0.2, 0.25) is 0 Å². The lowest BCUT2D eigenvalue weighted by Crippen LogP contribution is -2.22. The number of Topliss-reactive ketones (excluding diaryl/α,β-unsaturated/α-hetero) is 1. The van der Waals surface area contributed by atoms with Gasteiger partial charge in [-0.1, -0.05) is 18.2 Å². The number of benzene rings is 2. The third-order valence-corrected chi connectivity index (χ3v) is 5.69. The van der Waals surface area contributed by atoms with E-state index in [1.165, 1.54) is 27.5 Å². The summed E-state index contributed by atoms with van der Waals surface area (Å²) in [6.07, 6.45) is 0.241. The standard InChI is InChI=1S/C21H20O4S/c1-13-17-5-3-4-6-20(17)26-19(13)12-11-18(22)15-7-9-16(10-8-15)25-14(2)21(23)24/h3-10,14H,11-12H2,1-2H3,(H,23,24). The maximum Gasteiger partial charge on any atom is 0.344 e.